The number of para-hydroxylation sites is 1. The number of hydrogen-bond acceptors (Lipinski definition) is 3. The molecule has 24 heavy (non-hydrogen) atoms. The summed E-state index contributed by atoms with van der Waals surface area (Å²) in [4.78, 5) is 26.5. The molecule has 5 heteroatoms. The number of hydrogen-bond donors (Lipinski definition) is 1. The molecule has 1 aliphatic heterocycles. The van der Waals surface area contributed by atoms with Crippen LogP contribution in [0, 0.1) is 5.92 Å². The van der Waals surface area contributed by atoms with Crippen LogP contribution in [0.25, 0.3) is 10.9 Å². The first-order valence-corrected chi connectivity index (χ1v) is 8.67. The van der Waals surface area contributed by atoms with E-state index in [4.69, 9.17) is 0 Å². The van der Waals surface area contributed by atoms with Gasteiger partial charge >= 0.3 is 0 Å². The number of carbonyl (C=O) groups is 1. The Morgan fingerprint density at radius 2 is 2.12 bits per heavy atom. The molecule has 1 fully saturated rings. The third-order valence-electron chi connectivity index (χ3n) is 4.80. The zero-order valence-corrected chi connectivity index (χ0v) is 14.2. The van der Waals surface area contributed by atoms with Gasteiger partial charge in [-0.2, -0.15) is 0 Å². The normalized spacial score (nSPS) is 18.6. The molecular formula is C19H25N3O2. The number of amides is 1. The van der Waals surface area contributed by atoms with Gasteiger partial charge < -0.3 is 14.8 Å². The molecule has 2 heterocycles. The fourth-order valence-electron chi connectivity index (χ4n) is 3.53. The number of pyridine rings is 1. The van der Waals surface area contributed by atoms with Crippen molar-refractivity contribution in [2.24, 2.45) is 5.92 Å². The highest BCUT2D eigenvalue weighted by Crippen LogP contribution is 2.17. The van der Waals surface area contributed by atoms with Crippen molar-refractivity contribution >= 4 is 16.8 Å². The second-order valence-corrected chi connectivity index (χ2v) is 6.73. The minimum atomic E-state index is -0.0105. The molecule has 1 amide bonds. The summed E-state index contributed by atoms with van der Waals surface area (Å²) >= 11 is 0. The fourth-order valence-corrected chi connectivity index (χ4v) is 3.53. The number of nitrogens with zero attached hydrogens (tertiary/aromatic N) is 2. The van der Waals surface area contributed by atoms with Crippen LogP contribution >= 0.6 is 0 Å². The van der Waals surface area contributed by atoms with Crippen molar-refractivity contribution in [3.8, 4) is 0 Å². The van der Waals surface area contributed by atoms with E-state index in [0.29, 0.717) is 11.3 Å². The number of aromatic nitrogens is 1. The van der Waals surface area contributed by atoms with Crippen LogP contribution in [-0.4, -0.2) is 42.1 Å². The first-order valence-electron chi connectivity index (χ1n) is 8.67. The van der Waals surface area contributed by atoms with Gasteiger partial charge in [0, 0.05) is 30.7 Å². The Hall–Kier alpha value is -2.14. The molecule has 1 N–H and O–H groups in total. The molecule has 0 radical (unpaired) electrons. The molecule has 5 nitrogen and oxygen atoms in total. The lowest BCUT2D eigenvalue weighted by Crippen LogP contribution is -2.35. The van der Waals surface area contributed by atoms with Crippen LogP contribution in [0.3, 0.4) is 0 Å². The summed E-state index contributed by atoms with van der Waals surface area (Å²) in [6, 6.07) is 8.92. The third-order valence-corrected chi connectivity index (χ3v) is 4.80. The molecule has 0 spiro atoms. The van der Waals surface area contributed by atoms with E-state index in [1.54, 1.807) is 12.3 Å². The minimum absolute atomic E-state index is 0.00651. The molecule has 0 unspecified atom stereocenters. The molecule has 128 valence electrons. The first kappa shape index (κ1) is 16.7. The summed E-state index contributed by atoms with van der Waals surface area (Å²) < 4.78 is 1.83. The summed E-state index contributed by atoms with van der Waals surface area (Å²) in [6.45, 7) is 3.27. The molecule has 2 aromatic rings. The maximum absolute atomic E-state index is 12.2. The number of rotatable bonds is 5. The van der Waals surface area contributed by atoms with Gasteiger partial charge in [-0.25, -0.2) is 0 Å². The number of nitrogens with one attached hydrogen (secondary N) is 1. The highest BCUT2D eigenvalue weighted by molar-refractivity contribution is 5.82. The SMILES string of the molecule is CN1CCC[C@H](CCNC(=O)Cn2ccc(=O)c3ccccc32)C1. The van der Waals surface area contributed by atoms with Crippen molar-refractivity contribution < 1.29 is 4.79 Å². The number of piperidine rings is 1. The quantitative estimate of drug-likeness (QED) is 0.912. The molecule has 0 aliphatic carbocycles. The van der Waals surface area contributed by atoms with Crippen LogP contribution in [-0.2, 0) is 11.3 Å². The number of likely N-dealkylation sites (tertiary alicyclic amines) is 1. The van der Waals surface area contributed by atoms with E-state index in [1.807, 2.05) is 22.8 Å². The van der Waals surface area contributed by atoms with Gasteiger partial charge in [-0.05, 0) is 50.9 Å². The topological polar surface area (TPSA) is 54.3 Å². The van der Waals surface area contributed by atoms with Gasteiger partial charge in [-0.3, -0.25) is 9.59 Å². The molecule has 0 bridgehead atoms. The second kappa shape index (κ2) is 7.62. The lowest BCUT2D eigenvalue weighted by atomic mass is 9.95. The van der Waals surface area contributed by atoms with Crippen LogP contribution in [0.1, 0.15) is 19.3 Å². The Bertz CT molecular complexity index is 769. The summed E-state index contributed by atoms with van der Waals surface area (Å²) in [5, 5.41) is 3.67. The van der Waals surface area contributed by atoms with Crippen molar-refractivity contribution in [3.63, 3.8) is 0 Å². The van der Waals surface area contributed by atoms with E-state index in [1.165, 1.54) is 25.5 Å². The lowest BCUT2D eigenvalue weighted by molar-refractivity contribution is -0.121. The van der Waals surface area contributed by atoms with Crippen molar-refractivity contribution in [1.29, 1.82) is 0 Å². The number of benzene rings is 1. The monoisotopic (exact) mass is 327 g/mol. The predicted octanol–water partition coefficient (Wildman–Crippen LogP) is 1.85. The Labute approximate surface area is 142 Å². The van der Waals surface area contributed by atoms with E-state index in [9.17, 15) is 9.59 Å². The smallest absolute Gasteiger partial charge is 0.239 e. The number of fused-ring (bicyclic) bond motifs is 1. The van der Waals surface area contributed by atoms with Gasteiger partial charge in [0.25, 0.3) is 0 Å². The van der Waals surface area contributed by atoms with Crippen LogP contribution in [0.2, 0.25) is 0 Å². The molecule has 1 saturated heterocycles. The standard InChI is InChI=1S/C19H25N3O2/c1-21-11-4-5-15(13-21)8-10-20-19(24)14-22-12-9-18(23)16-6-2-3-7-17(16)22/h2-3,6-7,9,12,15H,4-5,8,10-11,13-14H2,1H3,(H,20,24)/t15-/m1/s1. The van der Waals surface area contributed by atoms with E-state index in [2.05, 4.69) is 17.3 Å². The summed E-state index contributed by atoms with van der Waals surface area (Å²) in [7, 11) is 2.16. The summed E-state index contributed by atoms with van der Waals surface area (Å²) in [5.74, 6) is 0.672. The van der Waals surface area contributed by atoms with Crippen molar-refractivity contribution in [1.82, 2.24) is 14.8 Å². The molecule has 1 aromatic heterocycles. The highest BCUT2D eigenvalue weighted by atomic mass is 16.2. The molecule has 1 aromatic carbocycles. The molecule has 1 atom stereocenters. The van der Waals surface area contributed by atoms with E-state index < -0.39 is 0 Å². The highest BCUT2D eigenvalue weighted by Gasteiger charge is 2.17. The predicted molar refractivity (Wildman–Crippen MR) is 96.1 cm³/mol. The van der Waals surface area contributed by atoms with Crippen LogP contribution < -0.4 is 10.7 Å². The maximum atomic E-state index is 12.2. The van der Waals surface area contributed by atoms with Crippen molar-refractivity contribution in [2.45, 2.75) is 25.8 Å². The van der Waals surface area contributed by atoms with E-state index >= 15 is 0 Å². The van der Waals surface area contributed by atoms with Crippen LogP contribution in [0.5, 0.6) is 0 Å². The average molecular weight is 327 g/mol. The fraction of sp³-hybridized carbons (Fsp3) is 0.474. The maximum Gasteiger partial charge on any atom is 0.239 e. The van der Waals surface area contributed by atoms with Gasteiger partial charge in [-0.1, -0.05) is 12.1 Å². The number of carbonyl (C=O) groups excluding carboxylic acids is 1. The zero-order chi connectivity index (χ0) is 16.9. The molecule has 0 saturated carbocycles. The van der Waals surface area contributed by atoms with E-state index in [-0.39, 0.29) is 17.9 Å². The van der Waals surface area contributed by atoms with Crippen molar-refractivity contribution in [2.75, 3.05) is 26.7 Å². The van der Waals surface area contributed by atoms with Gasteiger partial charge in [-0.15, -0.1) is 0 Å². The third kappa shape index (κ3) is 4.03. The van der Waals surface area contributed by atoms with Crippen LogP contribution in [0.4, 0.5) is 0 Å². The zero-order valence-electron chi connectivity index (χ0n) is 14.2. The largest absolute Gasteiger partial charge is 0.355 e. The summed E-state index contributed by atoms with van der Waals surface area (Å²) in [6.07, 6.45) is 5.23. The second-order valence-electron chi connectivity index (χ2n) is 6.73. The molecular weight excluding hydrogens is 302 g/mol. The van der Waals surface area contributed by atoms with Gasteiger partial charge in [0.15, 0.2) is 5.43 Å². The minimum Gasteiger partial charge on any atom is -0.355 e. The molecule has 1 aliphatic rings. The van der Waals surface area contributed by atoms with Gasteiger partial charge in [0.1, 0.15) is 6.54 Å². The van der Waals surface area contributed by atoms with Crippen LogP contribution in [0.15, 0.2) is 41.3 Å². The van der Waals surface area contributed by atoms with Gasteiger partial charge in [0.2, 0.25) is 5.91 Å². The Balaban J connectivity index is 1.56. The van der Waals surface area contributed by atoms with Gasteiger partial charge in [0.05, 0.1) is 5.52 Å². The van der Waals surface area contributed by atoms with E-state index in [0.717, 1.165) is 25.0 Å². The Morgan fingerprint density at radius 3 is 2.96 bits per heavy atom. The lowest BCUT2D eigenvalue weighted by Gasteiger charge is -2.29. The Kier molecular flexibility index (Phi) is 5.30. The molecule has 3 rings (SSSR count). The average Bonchev–Trinajstić information content (AvgIpc) is 2.58. The van der Waals surface area contributed by atoms with Crippen molar-refractivity contribution in [3.05, 3.63) is 46.8 Å². The Morgan fingerprint density at radius 1 is 1.29 bits per heavy atom. The first-order chi connectivity index (χ1) is 11.6. The summed E-state index contributed by atoms with van der Waals surface area (Å²) in [5.41, 5.74) is 0.790.